The van der Waals surface area contributed by atoms with E-state index in [0.29, 0.717) is 42.7 Å². The summed E-state index contributed by atoms with van der Waals surface area (Å²) in [6.07, 6.45) is 1.25. The van der Waals surface area contributed by atoms with Crippen molar-refractivity contribution in [3.63, 3.8) is 0 Å². The van der Waals surface area contributed by atoms with Crippen LogP contribution in [0.15, 0.2) is 48.5 Å². The summed E-state index contributed by atoms with van der Waals surface area (Å²) >= 11 is 0. The van der Waals surface area contributed by atoms with Crippen molar-refractivity contribution in [3.05, 3.63) is 65.2 Å². The van der Waals surface area contributed by atoms with Gasteiger partial charge in [0.25, 0.3) is 5.91 Å². The quantitative estimate of drug-likeness (QED) is 0.747. The van der Waals surface area contributed by atoms with Gasteiger partial charge in [0.2, 0.25) is 5.91 Å². The van der Waals surface area contributed by atoms with Gasteiger partial charge in [0.1, 0.15) is 0 Å². The highest BCUT2D eigenvalue weighted by atomic mass is 16.5. The molecule has 0 atom stereocenters. The molecule has 0 radical (unpaired) electrons. The third-order valence-electron chi connectivity index (χ3n) is 5.72. The van der Waals surface area contributed by atoms with Crippen molar-refractivity contribution in [2.45, 2.75) is 39.0 Å². The molecule has 1 N–H and O–H groups in total. The summed E-state index contributed by atoms with van der Waals surface area (Å²) in [5.41, 5.74) is 2.99. The van der Waals surface area contributed by atoms with Gasteiger partial charge in [-0.25, -0.2) is 4.79 Å². The molecule has 1 fully saturated rings. The molecule has 0 bridgehead atoms. The number of nitrogens with one attached hydrogen (secondary N) is 1. The molecule has 2 amide bonds. The summed E-state index contributed by atoms with van der Waals surface area (Å²) in [4.78, 5) is 38.8. The molecule has 6 heteroatoms. The zero-order valence-electron chi connectivity index (χ0n) is 18.6. The second-order valence-electron chi connectivity index (χ2n) is 8.95. The number of ether oxygens (including phenoxy) is 1. The Morgan fingerprint density at radius 1 is 0.903 bits per heavy atom. The number of anilines is 1. The standard InChI is InChI=1S/C25H30N2O4/c1-25(2,3)20-9-5-18(6-10-20)23(29)27-15-13-17(14-16-27)22(28)26-21-11-7-19(8-12-21)24(30)31-4/h5-12,17H,13-16H2,1-4H3,(H,26,28). The minimum atomic E-state index is -0.414. The van der Waals surface area contributed by atoms with E-state index in [4.69, 9.17) is 0 Å². The van der Waals surface area contributed by atoms with Crippen LogP contribution in [0.3, 0.4) is 0 Å². The Morgan fingerprint density at radius 2 is 1.45 bits per heavy atom. The predicted molar refractivity (Wildman–Crippen MR) is 120 cm³/mol. The van der Waals surface area contributed by atoms with Crippen molar-refractivity contribution >= 4 is 23.5 Å². The molecule has 1 heterocycles. The number of nitrogens with zero attached hydrogens (tertiary/aromatic N) is 1. The molecule has 0 saturated carbocycles. The van der Waals surface area contributed by atoms with Crippen LogP contribution in [0.5, 0.6) is 0 Å². The minimum Gasteiger partial charge on any atom is -0.465 e. The Kier molecular flexibility index (Phi) is 6.78. The number of benzene rings is 2. The van der Waals surface area contributed by atoms with Gasteiger partial charge in [0.15, 0.2) is 0 Å². The van der Waals surface area contributed by atoms with E-state index >= 15 is 0 Å². The lowest BCUT2D eigenvalue weighted by Gasteiger charge is -2.31. The van der Waals surface area contributed by atoms with E-state index in [1.54, 1.807) is 24.3 Å². The van der Waals surface area contributed by atoms with Crippen molar-refractivity contribution in [2.24, 2.45) is 5.92 Å². The van der Waals surface area contributed by atoms with Crippen molar-refractivity contribution in [1.29, 1.82) is 0 Å². The number of rotatable bonds is 4. The zero-order valence-corrected chi connectivity index (χ0v) is 18.6. The number of likely N-dealkylation sites (tertiary alicyclic amines) is 1. The molecule has 1 aliphatic rings. The molecule has 31 heavy (non-hydrogen) atoms. The second-order valence-corrected chi connectivity index (χ2v) is 8.95. The van der Waals surface area contributed by atoms with Gasteiger partial charge < -0.3 is 15.0 Å². The monoisotopic (exact) mass is 422 g/mol. The van der Waals surface area contributed by atoms with Gasteiger partial charge in [0.05, 0.1) is 12.7 Å². The van der Waals surface area contributed by atoms with Crippen LogP contribution in [0, 0.1) is 5.92 Å². The van der Waals surface area contributed by atoms with Gasteiger partial charge in [-0.1, -0.05) is 32.9 Å². The van der Waals surface area contributed by atoms with Crippen LogP contribution in [0.25, 0.3) is 0 Å². The van der Waals surface area contributed by atoms with Crippen molar-refractivity contribution in [1.82, 2.24) is 4.90 Å². The molecule has 0 aliphatic carbocycles. The van der Waals surface area contributed by atoms with E-state index in [9.17, 15) is 14.4 Å². The van der Waals surface area contributed by atoms with Gasteiger partial charge in [0, 0.05) is 30.3 Å². The highest BCUT2D eigenvalue weighted by Crippen LogP contribution is 2.24. The molecule has 2 aromatic carbocycles. The van der Waals surface area contributed by atoms with Crippen LogP contribution in [0.2, 0.25) is 0 Å². The molecule has 0 spiro atoms. The van der Waals surface area contributed by atoms with E-state index in [1.807, 2.05) is 29.2 Å². The predicted octanol–water partition coefficient (Wildman–Crippen LogP) is 4.26. The Hall–Kier alpha value is -3.15. The van der Waals surface area contributed by atoms with Gasteiger partial charge in [-0.2, -0.15) is 0 Å². The highest BCUT2D eigenvalue weighted by molar-refractivity contribution is 5.96. The Balaban J connectivity index is 1.53. The van der Waals surface area contributed by atoms with Crippen LogP contribution >= 0.6 is 0 Å². The fourth-order valence-corrected chi connectivity index (χ4v) is 3.69. The van der Waals surface area contributed by atoms with Crippen molar-refractivity contribution in [2.75, 3.05) is 25.5 Å². The maximum absolute atomic E-state index is 12.8. The average molecular weight is 423 g/mol. The number of carbonyl (C=O) groups is 3. The Bertz CT molecular complexity index is 935. The lowest BCUT2D eigenvalue weighted by atomic mass is 9.86. The number of hydrogen-bond donors (Lipinski definition) is 1. The third kappa shape index (κ3) is 5.51. The van der Waals surface area contributed by atoms with Crippen LogP contribution < -0.4 is 5.32 Å². The van der Waals surface area contributed by atoms with Crippen LogP contribution in [-0.4, -0.2) is 42.9 Å². The fourth-order valence-electron chi connectivity index (χ4n) is 3.69. The van der Waals surface area contributed by atoms with E-state index < -0.39 is 5.97 Å². The zero-order chi connectivity index (χ0) is 22.6. The van der Waals surface area contributed by atoms with Crippen LogP contribution in [-0.2, 0) is 14.9 Å². The van der Waals surface area contributed by atoms with Crippen LogP contribution in [0.1, 0.15) is 59.9 Å². The lowest BCUT2D eigenvalue weighted by molar-refractivity contribution is -0.121. The molecule has 2 aromatic rings. The third-order valence-corrected chi connectivity index (χ3v) is 5.72. The van der Waals surface area contributed by atoms with Gasteiger partial charge in [-0.15, -0.1) is 0 Å². The molecule has 164 valence electrons. The second kappa shape index (κ2) is 9.33. The van der Waals surface area contributed by atoms with Gasteiger partial charge >= 0.3 is 5.97 Å². The Labute approximate surface area is 183 Å². The first-order chi connectivity index (χ1) is 14.7. The molecular formula is C25H30N2O4. The largest absolute Gasteiger partial charge is 0.465 e. The van der Waals surface area contributed by atoms with Gasteiger partial charge in [-0.05, 0) is 60.2 Å². The highest BCUT2D eigenvalue weighted by Gasteiger charge is 2.28. The SMILES string of the molecule is COC(=O)c1ccc(NC(=O)C2CCN(C(=O)c3ccc(C(C)(C)C)cc3)CC2)cc1. The van der Waals surface area contributed by atoms with E-state index in [2.05, 4.69) is 30.8 Å². The Morgan fingerprint density at radius 3 is 1.97 bits per heavy atom. The first kappa shape index (κ1) is 22.5. The summed E-state index contributed by atoms with van der Waals surface area (Å²) in [6.45, 7) is 7.55. The van der Waals surface area contributed by atoms with Crippen molar-refractivity contribution in [3.8, 4) is 0 Å². The molecule has 1 aliphatic heterocycles. The maximum atomic E-state index is 12.8. The maximum Gasteiger partial charge on any atom is 0.337 e. The summed E-state index contributed by atoms with van der Waals surface area (Å²) in [5, 5.41) is 2.90. The molecule has 1 saturated heterocycles. The normalized spacial score (nSPS) is 14.8. The van der Waals surface area contributed by atoms with Crippen LogP contribution in [0.4, 0.5) is 5.69 Å². The summed E-state index contributed by atoms with van der Waals surface area (Å²) < 4.78 is 4.68. The number of amides is 2. The average Bonchev–Trinajstić information content (AvgIpc) is 2.78. The number of piperidine rings is 1. The minimum absolute atomic E-state index is 0.0118. The number of carbonyl (C=O) groups excluding carboxylic acids is 3. The summed E-state index contributed by atoms with van der Waals surface area (Å²) in [6, 6.07) is 14.4. The van der Waals surface area contributed by atoms with E-state index in [1.165, 1.54) is 12.7 Å². The van der Waals surface area contributed by atoms with E-state index in [0.717, 1.165) is 0 Å². The van der Waals surface area contributed by atoms with E-state index in [-0.39, 0.29) is 23.1 Å². The van der Waals surface area contributed by atoms with Crippen molar-refractivity contribution < 1.29 is 19.1 Å². The first-order valence-electron chi connectivity index (χ1n) is 10.6. The molecule has 0 aromatic heterocycles. The fraction of sp³-hybridized carbons (Fsp3) is 0.400. The molecular weight excluding hydrogens is 392 g/mol. The molecule has 6 nitrogen and oxygen atoms in total. The number of esters is 1. The topological polar surface area (TPSA) is 75.7 Å². The number of methoxy groups -OCH3 is 1. The smallest absolute Gasteiger partial charge is 0.337 e. The van der Waals surface area contributed by atoms with Gasteiger partial charge in [-0.3, -0.25) is 9.59 Å². The molecule has 3 rings (SSSR count). The molecule has 0 unspecified atom stereocenters. The first-order valence-corrected chi connectivity index (χ1v) is 10.6. The summed E-state index contributed by atoms with van der Waals surface area (Å²) in [5.74, 6) is -0.610. The lowest BCUT2D eigenvalue weighted by Crippen LogP contribution is -2.41. The number of hydrogen-bond acceptors (Lipinski definition) is 4. The summed E-state index contributed by atoms with van der Waals surface area (Å²) in [7, 11) is 1.33.